The number of amides is 1. The highest BCUT2D eigenvalue weighted by Gasteiger charge is 2.32. The number of hydrogen-bond donors (Lipinski definition) is 3. The summed E-state index contributed by atoms with van der Waals surface area (Å²) < 4.78 is 0. The summed E-state index contributed by atoms with van der Waals surface area (Å²) in [5.41, 5.74) is 6.07. The molecule has 5 nitrogen and oxygen atoms in total. The van der Waals surface area contributed by atoms with E-state index in [9.17, 15) is 4.79 Å². The van der Waals surface area contributed by atoms with Crippen LogP contribution >= 0.6 is 11.3 Å². The topological polar surface area (TPSA) is 80.0 Å². The Kier molecular flexibility index (Phi) is 4.29. The number of anilines is 2. The molecule has 0 radical (unpaired) electrons. The van der Waals surface area contributed by atoms with Gasteiger partial charge in [-0.2, -0.15) is 0 Å². The molecule has 0 aliphatic heterocycles. The van der Waals surface area contributed by atoms with Crippen LogP contribution in [-0.4, -0.2) is 24.0 Å². The number of nitrogen functional groups attached to an aromatic ring is 1. The van der Waals surface area contributed by atoms with E-state index in [2.05, 4.69) is 29.5 Å². The molecule has 106 valence electrons. The van der Waals surface area contributed by atoms with Crippen LogP contribution in [0.25, 0.3) is 0 Å². The van der Waals surface area contributed by atoms with Crippen molar-refractivity contribution in [2.75, 3.05) is 24.1 Å². The fourth-order valence-corrected chi connectivity index (χ4v) is 2.96. The maximum Gasteiger partial charge on any atom is 0.265 e. The number of nitrogens with two attached hydrogens (primary N) is 1. The van der Waals surface area contributed by atoms with Crippen molar-refractivity contribution in [1.82, 2.24) is 10.3 Å². The van der Waals surface area contributed by atoms with Crippen LogP contribution in [0.4, 0.5) is 10.9 Å². The highest BCUT2D eigenvalue weighted by atomic mass is 32.1. The van der Waals surface area contributed by atoms with E-state index in [-0.39, 0.29) is 11.3 Å². The van der Waals surface area contributed by atoms with E-state index in [1.165, 1.54) is 30.6 Å². The molecule has 1 aromatic rings. The Morgan fingerprint density at radius 1 is 1.53 bits per heavy atom. The maximum atomic E-state index is 12.1. The third-order valence-corrected chi connectivity index (χ3v) is 4.65. The number of carbonyl (C=O) groups is 1. The fourth-order valence-electron chi connectivity index (χ4n) is 2.13. The number of nitrogens with zero attached hydrogens (tertiary/aromatic N) is 1. The van der Waals surface area contributed by atoms with Gasteiger partial charge in [0.25, 0.3) is 5.91 Å². The number of rotatable bonds is 6. The standard InChI is InChI=1S/C13H22N4OS/c1-3-7-15-12-17-10(14)9(19-12)11(18)16-8-13(2)5-4-6-13/h3-8,14H2,1-2H3,(H,15,17)(H,16,18). The lowest BCUT2D eigenvalue weighted by molar-refractivity contribution is 0.0895. The molecule has 2 rings (SSSR count). The smallest absolute Gasteiger partial charge is 0.265 e. The van der Waals surface area contributed by atoms with Crippen LogP contribution in [0, 0.1) is 5.41 Å². The predicted octanol–water partition coefficient (Wildman–Crippen LogP) is 2.47. The lowest BCUT2D eigenvalue weighted by Gasteiger charge is -2.38. The molecule has 6 heteroatoms. The van der Waals surface area contributed by atoms with Gasteiger partial charge < -0.3 is 16.4 Å². The minimum absolute atomic E-state index is 0.104. The Hall–Kier alpha value is -1.30. The van der Waals surface area contributed by atoms with Crippen molar-refractivity contribution in [2.24, 2.45) is 5.41 Å². The highest BCUT2D eigenvalue weighted by molar-refractivity contribution is 7.18. The molecule has 1 fully saturated rings. The average Bonchev–Trinajstić information content (AvgIpc) is 2.72. The Morgan fingerprint density at radius 2 is 2.26 bits per heavy atom. The van der Waals surface area contributed by atoms with Crippen molar-refractivity contribution >= 4 is 28.2 Å². The van der Waals surface area contributed by atoms with Crippen molar-refractivity contribution in [3.05, 3.63) is 4.88 Å². The lowest BCUT2D eigenvalue weighted by Crippen LogP contribution is -2.39. The minimum atomic E-state index is -0.104. The van der Waals surface area contributed by atoms with Crippen molar-refractivity contribution in [3.63, 3.8) is 0 Å². The van der Waals surface area contributed by atoms with Gasteiger partial charge in [-0.3, -0.25) is 4.79 Å². The van der Waals surface area contributed by atoms with E-state index in [0.29, 0.717) is 10.7 Å². The molecule has 0 aromatic carbocycles. The van der Waals surface area contributed by atoms with E-state index in [4.69, 9.17) is 5.73 Å². The van der Waals surface area contributed by atoms with Crippen LogP contribution in [0.2, 0.25) is 0 Å². The van der Waals surface area contributed by atoms with Crippen LogP contribution in [0.15, 0.2) is 0 Å². The number of nitrogens with one attached hydrogen (secondary N) is 2. The second-order valence-corrected chi connectivity index (χ2v) is 6.51. The van der Waals surface area contributed by atoms with E-state index in [1.807, 2.05) is 0 Å². The monoisotopic (exact) mass is 282 g/mol. The number of thiazole rings is 1. The van der Waals surface area contributed by atoms with E-state index in [1.54, 1.807) is 0 Å². The summed E-state index contributed by atoms with van der Waals surface area (Å²) in [6.07, 6.45) is 4.66. The molecule has 0 spiro atoms. The van der Waals surface area contributed by atoms with Crippen LogP contribution in [0.1, 0.15) is 49.2 Å². The summed E-state index contributed by atoms with van der Waals surface area (Å²) in [5.74, 6) is 0.215. The molecule has 0 saturated heterocycles. The third kappa shape index (κ3) is 3.37. The van der Waals surface area contributed by atoms with Gasteiger partial charge in [-0.05, 0) is 24.7 Å². The van der Waals surface area contributed by atoms with Gasteiger partial charge in [0.15, 0.2) is 5.13 Å². The number of carbonyl (C=O) groups excluding carboxylic acids is 1. The molecule has 1 saturated carbocycles. The Bertz CT molecular complexity index is 453. The van der Waals surface area contributed by atoms with Gasteiger partial charge in [-0.25, -0.2) is 4.98 Å². The van der Waals surface area contributed by atoms with E-state index >= 15 is 0 Å². The molecular formula is C13H22N4OS. The first-order valence-electron chi connectivity index (χ1n) is 6.82. The summed E-state index contributed by atoms with van der Waals surface area (Å²) >= 11 is 1.32. The van der Waals surface area contributed by atoms with Gasteiger partial charge >= 0.3 is 0 Å². The summed E-state index contributed by atoms with van der Waals surface area (Å²) in [5, 5.41) is 6.85. The van der Waals surface area contributed by atoms with E-state index < -0.39 is 0 Å². The molecule has 0 bridgehead atoms. The van der Waals surface area contributed by atoms with Gasteiger partial charge in [-0.15, -0.1) is 0 Å². The van der Waals surface area contributed by atoms with Crippen LogP contribution in [0.5, 0.6) is 0 Å². The summed E-state index contributed by atoms with van der Waals surface area (Å²) in [7, 11) is 0. The first kappa shape index (κ1) is 14.1. The minimum Gasteiger partial charge on any atom is -0.382 e. The lowest BCUT2D eigenvalue weighted by atomic mass is 9.70. The number of aromatic nitrogens is 1. The largest absolute Gasteiger partial charge is 0.382 e. The zero-order chi connectivity index (χ0) is 13.9. The van der Waals surface area contributed by atoms with Crippen molar-refractivity contribution in [1.29, 1.82) is 0 Å². The molecule has 19 heavy (non-hydrogen) atoms. The molecule has 1 heterocycles. The van der Waals surface area contributed by atoms with Crippen molar-refractivity contribution in [2.45, 2.75) is 39.5 Å². The Morgan fingerprint density at radius 3 is 2.84 bits per heavy atom. The molecule has 4 N–H and O–H groups in total. The molecule has 1 amide bonds. The molecule has 0 atom stereocenters. The molecule has 0 unspecified atom stereocenters. The zero-order valence-electron chi connectivity index (χ0n) is 11.6. The van der Waals surface area contributed by atoms with Crippen LogP contribution in [-0.2, 0) is 0 Å². The third-order valence-electron chi connectivity index (χ3n) is 3.62. The fraction of sp³-hybridized carbons (Fsp3) is 0.692. The zero-order valence-corrected chi connectivity index (χ0v) is 12.4. The van der Waals surface area contributed by atoms with Gasteiger partial charge in [-0.1, -0.05) is 31.6 Å². The first-order chi connectivity index (χ1) is 9.04. The molecular weight excluding hydrogens is 260 g/mol. The summed E-state index contributed by atoms with van der Waals surface area (Å²) in [6.45, 7) is 5.85. The van der Waals surface area contributed by atoms with E-state index in [0.717, 1.165) is 24.6 Å². The van der Waals surface area contributed by atoms with Crippen LogP contribution < -0.4 is 16.4 Å². The van der Waals surface area contributed by atoms with Gasteiger partial charge in [0.05, 0.1) is 0 Å². The Balaban J connectivity index is 1.92. The number of hydrogen-bond acceptors (Lipinski definition) is 5. The van der Waals surface area contributed by atoms with Gasteiger partial charge in [0.1, 0.15) is 10.7 Å². The molecule has 1 aliphatic carbocycles. The maximum absolute atomic E-state index is 12.1. The van der Waals surface area contributed by atoms with Crippen molar-refractivity contribution in [3.8, 4) is 0 Å². The SMILES string of the molecule is CCCNc1nc(N)c(C(=O)NCC2(C)CCC2)s1. The summed E-state index contributed by atoms with van der Waals surface area (Å²) in [4.78, 5) is 16.8. The second-order valence-electron chi connectivity index (χ2n) is 5.51. The van der Waals surface area contributed by atoms with Crippen LogP contribution in [0.3, 0.4) is 0 Å². The Labute approximate surface area is 118 Å². The quantitative estimate of drug-likeness (QED) is 0.749. The molecule has 1 aliphatic rings. The normalized spacial score (nSPS) is 16.7. The second kappa shape index (κ2) is 5.77. The predicted molar refractivity (Wildman–Crippen MR) is 79.6 cm³/mol. The average molecular weight is 282 g/mol. The summed E-state index contributed by atoms with van der Waals surface area (Å²) in [6, 6.07) is 0. The van der Waals surface area contributed by atoms with Gasteiger partial charge in [0, 0.05) is 13.1 Å². The first-order valence-corrected chi connectivity index (χ1v) is 7.64. The van der Waals surface area contributed by atoms with Crippen molar-refractivity contribution < 1.29 is 4.79 Å². The molecule has 1 aromatic heterocycles. The van der Waals surface area contributed by atoms with Gasteiger partial charge in [0.2, 0.25) is 0 Å². The highest BCUT2D eigenvalue weighted by Crippen LogP contribution is 2.39.